The molecule has 0 amide bonds. The van der Waals surface area contributed by atoms with E-state index in [9.17, 15) is 15.0 Å². The SMILES string of the molecule is CCC(CC)(c1ccc(C#CC(O)C2(C)CC2)c(C)c1)c1ccc(OC[C@H](O)CCC(=O)O)c(C)c1. The summed E-state index contributed by atoms with van der Waals surface area (Å²) in [5.74, 6) is 6.02. The molecule has 1 aliphatic rings. The van der Waals surface area contributed by atoms with Gasteiger partial charge in [-0.05, 0) is 80.3 Å². The Balaban J connectivity index is 1.81. The minimum absolute atomic E-state index is 0.0370. The van der Waals surface area contributed by atoms with Crippen molar-refractivity contribution in [2.45, 2.75) is 90.8 Å². The second-order valence-electron chi connectivity index (χ2n) is 10.5. The van der Waals surface area contributed by atoms with E-state index in [4.69, 9.17) is 9.84 Å². The maximum atomic E-state index is 10.7. The van der Waals surface area contributed by atoms with E-state index >= 15 is 0 Å². The molecule has 2 aromatic rings. The summed E-state index contributed by atoms with van der Waals surface area (Å²) < 4.78 is 5.80. The smallest absolute Gasteiger partial charge is 0.303 e. The van der Waals surface area contributed by atoms with E-state index in [0.29, 0.717) is 5.75 Å². The molecule has 0 saturated heterocycles. The Morgan fingerprint density at radius 2 is 1.67 bits per heavy atom. The van der Waals surface area contributed by atoms with Crippen LogP contribution in [0, 0.1) is 31.1 Å². The standard InChI is InChI=1S/C31H40O5/c1-6-31(7-2,24-10-8-23(21(3)18-24)9-14-28(33)30(5)16-17-30)25-11-13-27(22(4)19-25)36-20-26(32)12-15-29(34)35/h8,10-11,13,18-19,26,28,32-33H,6-7,12,15-17,20H2,1-5H3,(H,34,35)/t26-,28?/m1/s1. The molecule has 5 heteroatoms. The fourth-order valence-electron chi connectivity index (χ4n) is 4.79. The Kier molecular flexibility index (Phi) is 8.87. The summed E-state index contributed by atoms with van der Waals surface area (Å²) in [4.78, 5) is 10.7. The Hall–Kier alpha value is -2.81. The highest BCUT2D eigenvalue weighted by molar-refractivity contribution is 5.66. The lowest BCUT2D eigenvalue weighted by molar-refractivity contribution is -0.137. The maximum Gasteiger partial charge on any atom is 0.303 e. The lowest BCUT2D eigenvalue weighted by atomic mass is 9.70. The summed E-state index contributed by atoms with van der Waals surface area (Å²) in [5, 5.41) is 29.1. The van der Waals surface area contributed by atoms with Crippen LogP contribution in [-0.2, 0) is 10.2 Å². The Morgan fingerprint density at radius 3 is 2.19 bits per heavy atom. The quantitative estimate of drug-likeness (QED) is 0.359. The molecule has 1 fully saturated rings. The fourth-order valence-corrected chi connectivity index (χ4v) is 4.79. The molecule has 0 aromatic heterocycles. The van der Waals surface area contributed by atoms with E-state index < -0.39 is 18.2 Å². The number of aliphatic hydroxyl groups is 2. The van der Waals surface area contributed by atoms with Crippen LogP contribution in [0.3, 0.4) is 0 Å². The zero-order valence-electron chi connectivity index (χ0n) is 22.2. The zero-order valence-corrected chi connectivity index (χ0v) is 22.2. The summed E-state index contributed by atoms with van der Waals surface area (Å²) >= 11 is 0. The molecule has 2 atom stereocenters. The highest BCUT2D eigenvalue weighted by atomic mass is 16.5. The number of rotatable bonds is 11. The van der Waals surface area contributed by atoms with Crippen LogP contribution in [0.1, 0.15) is 87.1 Å². The first-order valence-corrected chi connectivity index (χ1v) is 13.0. The Bertz CT molecular complexity index is 1130. The molecule has 2 aromatic carbocycles. The number of carbonyl (C=O) groups is 1. The first-order chi connectivity index (χ1) is 17.0. The first kappa shape index (κ1) is 27.8. The van der Waals surface area contributed by atoms with Crippen molar-refractivity contribution in [3.05, 3.63) is 64.2 Å². The van der Waals surface area contributed by atoms with E-state index in [-0.39, 0.29) is 30.3 Å². The number of aliphatic carboxylic acids is 1. The molecule has 0 spiro atoms. The van der Waals surface area contributed by atoms with E-state index in [1.54, 1.807) is 0 Å². The third-order valence-electron chi connectivity index (χ3n) is 7.88. The first-order valence-electron chi connectivity index (χ1n) is 13.0. The highest BCUT2D eigenvalue weighted by Gasteiger charge is 2.43. The van der Waals surface area contributed by atoms with Gasteiger partial charge < -0.3 is 20.1 Å². The average molecular weight is 493 g/mol. The molecule has 194 valence electrons. The molecule has 0 radical (unpaired) electrons. The maximum absolute atomic E-state index is 10.7. The van der Waals surface area contributed by atoms with Crippen LogP contribution >= 0.6 is 0 Å². The van der Waals surface area contributed by atoms with Gasteiger partial charge in [-0.1, -0.05) is 56.9 Å². The van der Waals surface area contributed by atoms with Crippen LogP contribution in [0.25, 0.3) is 0 Å². The molecule has 1 saturated carbocycles. The van der Waals surface area contributed by atoms with Gasteiger partial charge in [0.15, 0.2) is 0 Å². The summed E-state index contributed by atoms with van der Waals surface area (Å²) in [6.07, 6.45) is 2.61. The van der Waals surface area contributed by atoms with Gasteiger partial charge in [0.2, 0.25) is 0 Å². The van der Waals surface area contributed by atoms with Gasteiger partial charge in [0, 0.05) is 22.8 Å². The summed E-state index contributed by atoms with van der Waals surface area (Å²) in [5.41, 5.74) is 5.27. The predicted octanol–water partition coefficient (Wildman–Crippen LogP) is 5.53. The molecule has 3 rings (SSSR count). The van der Waals surface area contributed by atoms with E-state index in [0.717, 1.165) is 42.4 Å². The lowest BCUT2D eigenvalue weighted by Gasteiger charge is -2.34. The molecule has 0 aliphatic heterocycles. The van der Waals surface area contributed by atoms with E-state index in [1.165, 1.54) is 11.1 Å². The normalized spacial score (nSPS) is 16.0. The average Bonchev–Trinajstić information content (AvgIpc) is 3.61. The zero-order chi connectivity index (χ0) is 26.5. The van der Waals surface area contributed by atoms with Gasteiger partial charge in [-0.2, -0.15) is 0 Å². The molecular weight excluding hydrogens is 452 g/mol. The van der Waals surface area contributed by atoms with Gasteiger partial charge in [0.25, 0.3) is 0 Å². The van der Waals surface area contributed by atoms with Crippen LogP contribution in [0.15, 0.2) is 36.4 Å². The Morgan fingerprint density at radius 1 is 1.06 bits per heavy atom. The third-order valence-corrected chi connectivity index (χ3v) is 7.88. The number of carboxylic acid groups (broad SMARTS) is 1. The monoisotopic (exact) mass is 492 g/mol. The number of benzene rings is 2. The van der Waals surface area contributed by atoms with Crippen molar-refractivity contribution in [3.8, 4) is 17.6 Å². The van der Waals surface area contributed by atoms with Crippen molar-refractivity contribution in [2.75, 3.05) is 6.61 Å². The van der Waals surface area contributed by atoms with Crippen molar-refractivity contribution in [1.29, 1.82) is 0 Å². The largest absolute Gasteiger partial charge is 0.491 e. The second kappa shape index (κ2) is 11.5. The molecule has 3 N–H and O–H groups in total. The minimum atomic E-state index is -0.925. The number of aryl methyl sites for hydroxylation is 2. The van der Waals surface area contributed by atoms with Crippen molar-refractivity contribution in [3.63, 3.8) is 0 Å². The third kappa shape index (κ3) is 6.30. The molecule has 5 nitrogen and oxygen atoms in total. The summed E-state index contributed by atoms with van der Waals surface area (Å²) in [7, 11) is 0. The second-order valence-corrected chi connectivity index (χ2v) is 10.5. The van der Waals surface area contributed by atoms with Gasteiger partial charge >= 0.3 is 5.97 Å². The van der Waals surface area contributed by atoms with Crippen molar-refractivity contribution in [2.24, 2.45) is 5.41 Å². The van der Waals surface area contributed by atoms with Crippen molar-refractivity contribution in [1.82, 2.24) is 0 Å². The predicted molar refractivity (Wildman–Crippen MR) is 142 cm³/mol. The van der Waals surface area contributed by atoms with Crippen LogP contribution < -0.4 is 4.74 Å². The Labute approximate surface area is 215 Å². The fraction of sp³-hybridized carbons (Fsp3) is 0.516. The van der Waals surface area contributed by atoms with Gasteiger partial charge in [-0.25, -0.2) is 0 Å². The van der Waals surface area contributed by atoms with Crippen LogP contribution in [0.5, 0.6) is 5.75 Å². The highest BCUT2D eigenvalue weighted by Crippen LogP contribution is 2.48. The molecule has 0 heterocycles. The number of hydrogen-bond donors (Lipinski definition) is 3. The lowest BCUT2D eigenvalue weighted by Crippen LogP contribution is -2.26. The number of hydrogen-bond acceptors (Lipinski definition) is 4. The topological polar surface area (TPSA) is 87.0 Å². The number of carboxylic acids is 1. The molecule has 1 unspecified atom stereocenters. The molecular formula is C31H40O5. The van der Waals surface area contributed by atoms with Crippen molar-refractivity contribution < 1.29 is 24.9 Å². The van der Waals surface area contributed by atoms with E-state index in [1.807, 2.05) is 13.0 Å². The van der Waals surface area contributed by atoms with Crippen LogP contribution in [-0.4, -0.2) is 40.1 Å². The van der Waals surface area contributed by atoms with E-state index in [2.05, 4.69) is 69.9 Å². The molecule has 0 bridgehead atoms. The summed E-state index contributed by atoms with van der Waals surface area (Å²) in [6.45, 7) is 10.6. The molecule has 1 aliphatic carbocycles. The van der Waals surface area contributed by atoms with Gasteiger partial charge in [0.05, 0.1) is 6.10 Å². The molecule has 36 heavy (non-hydrogen) atoms. The van der Waals surface area contributed by atoms with Gasteiger partial charge in [-0.15, -0.1) is 0 Å². The van der Waals surface area contributed by atoms with Gasteiger partial charge in [0.1, 0.15) is 18.5 Å². The number of ether oxygens (including phenoxy) is 1. The van der Waals surface area contributed by atoms with Gasteiger partial charge in [-0.3, -0.25) is 4.79 Å². The van der Waals surface area contributed by atoms with Crippen LogP contribution in [0.4, 0.5) is 0 Å². The number of aliphatic hydroxyl groups excluding tert-OH is 2. The summed E-state index contributed by atoms with van der Waals surface area (Å²) in [6, 6.07) is 12.6. The van der Waals surface area contributed by atoms with Crippen LogP contribution in [0.2, 0.25) is 0 Å². The minimum Gasteiger partial charge on any atom is -0.491 e. The van der Waals surface area contributed by atoms with Crippen molar-refractivity contribution >= 4 is 5.97 Å².